The molecule has 0 unspecified atom stereocenters. The van der Waals surface area contributed by atoms with Crippen molar-refractivity contribution in [2.45, 2.75) is 19.9 Å². The second-order valence-electron chi connectivity index (χ2n) is 4.91. The minimum Gasteiger partial charge on any atom is -0.468 e. The Balaban J connectivity index is 2.27. The van der Waals surface area contributed by atoms with Crippen LogP contribution in [-0.2, 0) is 9.53 Å². The first-order valence-electron chi connectivity index (χ1n) is 6.74. The predicted octanol–water partition coefficient (Wildman–Crippen LogP) is 0.686. The lowest BCUT2D eigenvalue weighted by molar-refractivity contribution is -0.141. The fourth-order valence-corrected chi connectivity index (χ4v) is 1.92. The normalized spacial score (nSPS) is 10.5. The van der Waals surface area contributed by atoms with Gasteiger partial charge in [-0.15, -0.1) is 5.10 Å². The molecule has 0 atom stereocenters. The topological polar surface area (TPSA) is 90.2 Å². The van der Waals surface area contributed by atoms with Gasteiger partial charge in [0, 0.05) is 11.6 Å². The highest BCUT2D eigenvalue weighted by molar-refractivity contribution is 5.96. The van der Waals surface area contributed by atoms with Crippen molar-refractivity contribution in [3.63, 3.8) is 0 Å². The monoisotopic (exact) mass is 303 g/mol. The lowest BCUT2D eigenvalue weighted by Crippen LogP contribution is -2.41. The van der Waals surface area contributed by atoms with Crippen molar-refractivity contribution in [2.75, 3.05) is 13.7 Å². The van der Waals surface area contributed by atoms with Crippen LogP contribution in [0.15, 0.2) is 30.6 Å². The maximum Gasteiger partial charge on any atom is 0.325 e. The van der Waals surface area contributed by atoms with Crippen LogP contribution in [0.2, 0.25) is 0 Å². The van der Waals surface area contributed by atoms with E-state index in [1.54, 1.807) is 24.3 Å². The Kier molecular flexibility index (Phi) is 4.82. The number of rotatable bonds is 5. The summed E-state index contributed by atoms with van der Waals surface area (Å²) in [7, 11) is 1.30. The average Bonchev–Trinajstić information content (AvgIpc) is 3.06. The summed E-state index contributed by atoms with van der Waals surface area (Å²) in [6.45, 7) is 3.58. The minimum atomic E-state index is -0.460. The molecule has 1 amide bonds. The van der Waals surface area contributed by atoms with E-state index < -0.39 is 5.97 Å². The van der Waals surface area contributed by atoms with Gasteiger partial charge >= 0.3 is 5.97 Å². The zero-order chi connectivity index (χ0) is 16.1. The summed E-state index contributed by atoms with van der Waals surface area (Å²) in [4.78, 5) is 25.5. The molecule has 0 aliphatic rings. The Bertz CT molecular complexity index is 654. The molecule has 0 spiro atoms. The number of hydrogen-bond acceptors (Lipinski definition) is 6. The van der Waals surface area contributed by atoms with E-state index in [9.17, 15) is 9.59 Å². The van der Waals surface area contributed by atoms with Gasteiger partial charge in [0.2, 0.25) is 0 Å². The van der Waals surface area contributed by atoms with Crippen LogP contribution < -0.4 is 0 Å². The molecule has 2 aromatic rings. The van der Waals surface area contributed by atoms with Gasteiger partial charge in [0.05, 0.1) is 12.8 Å². The van der Waals surface area contributed by atoms with Crippen LogP contribution in [0.4, 0.5) is 0 Å². The standard InChI is InChI=1S/C14H17N5O3/c1-10(2)18(8-13(20)22-3)14(21)11-5-4-6-12(7-11)19-9-15-16-17-19/h4-7,9-10H,8H2,1-3H3. The van der Waals surface area contributed by atoms with Crippen LogP contribution in [0.5, 0.6) is 0 Å². The van der Waals surface area contributed by atoms with Gasteiger partial charge in [-0.1, -0.05) is 6.07 Å². The molecular weight excluding hydrogens is 286 g/mol. The number of ether oxygens (including phenoxy) is 1. The highest BCUT2D eigenvalue weighted by atomic mass is 16.5. The van der Waals surface area contributed by atoms with Crippen molar-refractivity contribution >= 4 is 11.9 Å². The second kappa shape index (κ2) is 6.79. The fourth-order valence-electron chi connectivity index (χ4n) is 1.92. The summed E-state index contributed by atoms with van der Waals surface area (Å²) < 4.78 is 6.09. The first-order valence-corrected chi connectivity index (χ1v) is 6.74. The van der Waals surface area contributed by atoms with Crippen LogP contribution in [0, 0.1) is 0 Å². The quantitative estimate of drug-likeness (QED) is 0.755. The van der Waals surface area contributed by atoms with Gasteiger partial charge in [-0.3, -0.25) is 9.59 Å². The average molecular weight is 303 g/mol. The van der Waals surface area contributed by atoms with Crippen molar-refractivity contribution in [1.29, 1.82) is 0 Å². The van der Waals surface area contributed by atoms with E-state index in [-0.39, 0.29) is 18.5 Å². The molecule has 1 aromatic heterocycles. The number of esters is 1. The smallest absolute Gasteiger partial charge is 0.325 e. The van der Waals surface area contributed by atoms with Crippen molar-refractivity contribution in [3.05, 3.63) is 36.2 Å². The molecule has 0 fully saturated rings. The van der Waals surface area contributed by atoms with E-state index in [0.717, 1.165) is 0 Å². The van der Waals surface area contributed by atoms with Crippen molar-refractivity contribution < 1.29 is 14.3 Å². The largest absolute Gasteiger partial charge is 0.468 e. The summed E-state index contributed by atoms with van der Waals surface area (Å²) in [6.07, 6.45) is 1.44. The van der Waals surface area contributed by atoms with Crippen LogP contribution in [-0.4, -0.2) is 56.7 Å². The van der Waals surface area contributed by atoms with Gasteiger partial charge < -0.3 is 9.64 Å². The van der Waals surface area contributed by atoms with Gasteiger partial charge in [-0.05, 0) is 42.5 Å². The summed E-state index contributed by atoms with van der Waals surface area (Å²) >= 11 is 0. The summed E-state index contributed by atoms with van der Waals surface area (Å²) in [5.41, 5.74) is 1.11. The third-order valence-electron chi connectivity index (χ3n) is 3.12. The molecule has 8 nitrogen and oxygen atoms in total. The van der Waals surface area contributed by atoms with E-state index in [0.29, 0.717) is 11.3 Å². The summed E-state index contributed by atoms with van der Waals surface area (Å²) in [5.74, 6) is -0.714. The summed E-state index contributed by atoms with van der Waals surface area (Å²) in [5, 5.41) is 10.9. The molecule has 8 heteroatoms. The van der Waals surface area contributed by atoms with Crippen LogP contribution in [0.3, 0.4) is 0 Å². The van der Waals surface area contributed by atoms with Crippen molar-refractivity contribution in [1.82, 2.24) is 25.1 Å². The number of benzene rings is 1. The molecule has 0 saturated carbocycles. The lowest BCUT2D eigenvalue weighted by atomic mass is 10.1. The van der Waals surface area contributed by atoms with Crippen molar-refractivity contribution in [3.8, 4) is 5.69 Å². The number of carbonyl (C=O) groups is 2. The third kappa shape index (κ3) is 3.46. The molecule has 0 aliphatic heterocycles. The lowest BCUT2D eigenvalue weighted by Gasteiger charge is -2.25. The summed E-state index contributed by atoms with van der Waals surface area (Å²) in [6, 6.07) is 6.74. The third-order valence-corrected chi connectivity index (χ3v) is 3.12. The number of nitrogens with zero attached hydrogens (tertiary/aromatic N) is 5. The van der Waals surface area contributed by atoms with Crippen LogP contribution in [0.1, 0.15) is 24.2 Å². The Morgan fingerprint density at radius 3 is 2.73 bits per heavy atom. The van der Waals surface area contributed by atoms with E-state index in [1.165, 1.54) is 23.0 Å². The minimum absolute atomic E-state index is 0.0951. The highest BCUT2D eigenvalue weighted by Crippen LogP contribution is 2.13. The van der Waals surface area contributed by atoms with Gasteiger partial charge in [0.1, 0.15) is 12.9 Å². The first kappa shape index (κ1) is 15.6. The molecule has 22 heavy (non-hydrogen) atoms. The highest BCUT2D eigenvalue weighted by Gasteiger charge is 2.22. The van der Waals surface area contributed by atoms with E-state index >= 15 is 0 Å². The first-order chi connectivity index (χ1) is 10.5. The fraction of sp³-hybridized carbons (Fsp3) is 0.357. The SMILES string of the molecule is COC(=O)CN(C(=O)c1cccc(-n2cnnn2)c1)C(C)C. The molecule has 0 radical (unpaired) electrons. The molecule has 1 heterocycles. The zero-order valence-corrected chi connectivity index (χ0v) is 12.6. The second-order valence-corrected chi connectivity index (χ2v) is 4.91. The Hall–Kier alpha value is -2.77. The number of methoxy groups -OCH3 is 1. The molecule has 0 aliphatic carbocycles. The zero-order valence-electron chi connectivity index (χ0n) is 12.6. The van der Waals surface area contributed by atoms with E-state index in [2.05, 4.69) is 20.3 Å². The molecule has 2 rings (SSSR count). The number of tetrazole rings is 1. The van der Waals surface area contributed by atoms with Gasteiger partial charge in [-0.25, -0.2) is 4.68 Å². The van der Waals surface area contributed by atoms with E-state index in [4.69, 9.17) is 0 Å². The Morgan fingerprint density at radius 2 is 2.14 bits per heavy atom. The number of amides is 1. The molecule has 0 N–H and O–H groups in total. The van der Waals surface area contributed by atoms with Crippen LogP contribution in [0.25, 0.3) is 5.69 Å². The van der Waals surface area contributed by atoms with Gasteiger partial charge in [0.25, 0.3) is 5.91 Å². The Labute approximate surface area is 127 Å². The molecular formula is C14H17N5O3. The van der Waals surface area contributed by atoms with Gasteiger partial charge in [0.15, 0.2) is 0 Å². The maximum absolute atomic E-state index is 12.6. The molecule has 0 bridgehead atoms. The molecule has 116 valence electrons. The molecule has 1 aromatic carbocycles. The number of hydrogen-bond donors (Lipinski definition) is 0. The number of aromatic nitrogens is 4. The predicted molar refractivity (Wildman–Crippen MR) is 77.3 cm³/mol. The maximum atomic E-state index is 12.6. The van der Waals surface area contributed by atoms with Crippen molar-refractivity contribution in [2.24, 2.45) is 0 Å². The van der Waals surface area contributed by atoms with Gasteiger partial charge in [-0.2, -0.15) is 0 Å². The number of carbonyl (C=O) groups excluding carboxylic acids is 2. The van der Waals surface area contributed by atoms with Crippen LogP contribution >= 0.6 is 0 Å². The molecule has 0 saturated heterocycles. The van der Waals surface area contributed by atoms with E-state index in [1.807, 2.05) is 13.8 Å². The Morgan fingerprint density at radius 1 is 1.36 bits per heavy atom.